The number of phenolic OH excluding ortho intramolecular Hbond substituents is 1. The summed E-state index contributed by atoms with van der Waals surface area (Å²) in [5.41, 5.74) is 0.634. The molecule has 0 spiro atoms. The molecule has 0 aromatic heterocycles. The molecule has 0 saturated heterocycles. The SMILES string of the molecule is O=C1N/C=C/c2ccc(c(Br)c2)Oc2cc(ccc2OS(=O)(=O)O)CCNC(=O)/C(=N\O)C(O)c2cc(Br)c(c(Br)c2)Oc2cc(cc(Br)c2O)C/C1=N/O. The maximum absolute atomic E-state index is 13.1. The Morgan fingerprint density at radius 2 is 1.51 bits per heavy atom. The highest BCUT2D eigenvalue weighted by Gasteiger charge is 2.26. The lowest BCUT2D eigenvalue weighted by atomic mass is 10.0. The van der Waals surface area contributed by atoms with Gasteiger partial charge in [0.2, 0.25) is 0 Å². The van der Waals surface area contributed by atoms with Crippen LogP contribution in [-0.4, -0.2) is 63.4 Å². The van der Waals surface area contributed by atoms with E-state index in [9.17, 15) is 43.2 Å². The van der Waals surface area contributed by atoms with Crippen molar-refractivity contribution in [2.45, 2.75) is 18.9 Å². The fourth-order valence-electron chi connectivity index (χ4n) is 4.99. The number of ether oxygens (including phenoxy) is 2. The normalized spacial score (nSPS) is 17.7. The summed E-state index contributed by atoms with van der Waals surface area (Å²) in [4.78, 5) is 26.0. The molecule has 16 nitrogen and oxygen atoms in total. The zero-order valence-electron chi connectivity index (χ0n) is 27.5. The summed E-state index contributed by atoms with van der Waals surface area (Å²) >= 11 is 13.4. The van der Waals surface area contributed by atoms with Gasteiger partial charge in [0.1, 0.15) is 17.6 Å². The lowest BCUT2D eigenvalue weighted by Gasteiger charge is -2.17. The fourth-order valence-corrected chi connectivity index (χ4v) is 7.70. The van der Waals surface area contributed by atoms with Crippen LogP contribution in [0.15, 0.2) is 95.1 Å². The van der Waals surface area contributed by atoms with Crippen LogP contribution >= 0.6 is 63.7 Å². The molecule has 4 heterocycles. The molecule has 0 aliphatic carbocycles. The van der Waals surface area contributed by atoms with Crippen LogP contribution in [0, 0.1) is 0 Å². The molecule has 4 aromatic carbocycles. The standard InChI is InChI=1S/C34H26Br4N4O12S/c35-20-9-16-1-3-25(20)52-27-12-17(2-4-26(27)54-55(49,50)51)6-8-40-34(46)29(42-48)30(43)19-14-22(37)32(23(38)15-19)53-28-13-18(10-21(36)31(28)44)11-24(41-47)33(45)39-7-5-16/h1-5,7,9-10,12-15,30,43-44,47-48H,6,8,11H2,(H,39,45)(H,40,46)(H,49,50,51)/b7-5+,41-24-,42-29-. The van der Waals surface area contributed by atoms with Gasteiger partial charge in [-0.25, -0.2) is 0 Å². The van der Waals surface area contributed by atoms with Gasteiger partial charge in [-0.05, 0) is 147 Å². The Bertz CT molecular complexity index is 2350. The number of aliphatic hydroxyl groups excluding tert-OH is 1. The number of hydrogen-bond acceptors (Lipinski definition) is 13. The molecule has 4 aromatic rings. The topological polar surface area (TPSA) is 246 Å². The van der Waals surface area contributed by atoms with Gasteiger partial charge in [-0.1, -0.05) is 22.4 Å². The Morgan fingerprint density at radius 3 is 2.16 bits per heavy atom. The zero-order chi connectivity index (χ0) is 40.0. The van der Waals surface area contributed by atoms with Crippen molar-refractivity contribution in [1.82, 2.24) is 10.6 Å². The summed E-state index contributed by atoms with van der Waals surface area (Å²) in [7, 11) is -4.95. The van der Waals surface area contributed by atoms with Crippen molar-refractivity contribution in [3.63, 3.8) is 0 Å². The van der Waals surface area contributed by atoms with E-state index in [1.165, 1.54) is 60.8 Å². The maximum atomic E-state index is 13.1. The van der Waals surface area contributed by atoms with Gasteiger partial charge in [0, 0.05) is 19.2 Å². The Labute approximate surface area is 346 Å². The van der Waals surface area contributed by atoms with Crippen molar-refractivity contribution >= 4 is 103 Å². The van der Waals surface area contributed by atoms with Gasteiger partial charge in [0.15, 0.2) is 34.5 Å². The van der Waals surface area contributed by atoms with Gasteiger partial charge in [0.05, 0.1) is 17.9 Å². The summed E-state index contributed by atoms with van der Waals surface area (Å²) in [5, 5.41) is 52.5. The van der Waals surface area contributed by atoms with Crippen LogP contribution in [0.4, 0.5) is 0 Å². The highest BCUT2D eigenvalue weighted by Crippen LogP contribution is 2.44. The number of nitrogens with zero attached hydrogens (tertiary/aromatic N) is 2. The molecule has 8 bridgehead atoms. The van der Waals surface area contributed by atoms with Crippen molar-refractivity contribution in [1.29, 1.82) is 0 Å². The molecular weight excluding hydrogens is 1010 g/mol. The highest BCUT2D eigenvalue weighted by molar-refractivity contribution is 9.11. The molecule has 2 amide bonds. The van der Waals surface area contributed by atoms with Crippen molar-refractivity contribution in [3.05, 3.63) is 107 Å². The lowest BCUT2D eigenvalue weighted by Crippen LogP contribution is -2.36. The minimum Gasteiger partial charge on any atom is -0.503 e. The number of halogens is 4. The number of nitrogens with one attached hydrogen (secondary N) is 2. The van der Waals surface area contributed by atoms with Gasteiger partial charge in [-0.2, -0.15) is 8.42 Å². The number of benzene rings is 4. The summed E-state index contributed by atoms with van der Waals surface area (Å²) in [5.74, 6) is -2.16. The van der Waals surface area contributed by atoms with E-state index in [0.717, 1.165) is 0 Å². The molecular formula is C34H26Br4N4O12S. The van der Waals surface area contributed by atoms with E-state index >= 15 is 0 Å². The predicted molar refractivity (Wildman–Crippen MR) is 212 cm³/mol. The summed E-state index contributed by atoms with van der Waals surface area (Å²) in [6, 6.07) is 14.6. The molecule has 21 heteroatoms. The molecule has 4 aliphatic rings. The molecule has 1 atom stereocenters. The number of carbonyl (C=O) groups is 2. The van der Waals surface area contributed by atoms with Crippen LogP contribution in [0.5, 0.6) is 34.5 Å². The zero-order valence-corrected chi connectivity index (χ0v) is 34.7. The number of phenols is 1. The van der Waals surface area contributed by atoms with Crippen molar-refractivity contribution in [3.8, 4) is 34.5 Å². The van der Waals surface area contributed by atoms with E-state index in [0.29, 0.717) is 21.2 Å². The van der Waals surface area contributed by atoms with Gasteiger partial charge < -0.3 is 44.9 Å². The molecule has 1 unspecified atom stereocenters. The Morgan fingerprint density at radius 1 is 0.800 bits per heavy atom. The first-order valence-corrected chi connectivity index (χ1v) is 19.9. The van der Waals surface area contributed by atoms with E-state index < -0.39 is 34.0 Å². The van der Waals surface area contributed by atoms with Gasteiger partial charge in [-0.3, -0.25) is 14.1 Å². The molecule has 288 valence electrons. The molecule has 4 aliphatic heterocycles. The van der Waals surface area contributed by atoms with Gasteiger partial charge in [-0.15, -0.1) is 0 Å². The Balaban J connectivity index is 1.53. The number of rotatable bonds is 2. The predicted octanol–water partition coefficient (Wildman–Crippen LogP) is 6.90. The van der Waals surface area contributed by atoms with Gasteiger partial charge in [0.25, 0.3) is 11.8 Å². The second-order valence-corrected chi connectivity index (χ2v) is 15.8. The molecule has 7 N–H and O–H groups in total. The summed E-state index contributed by atoms with van der Waals surface area (Å²) < 4.78 is 50.2. The molecule has 8 rings (SSSR count). The average Bonchev–Trinajstić information content (AvgIpc) is 3.11. The third-order valence-electron chi connectivity index (χ3n) is 7.56. The molecule has 55 heavy (non-hydrogen) atoms. The van der Waals surface area contributed by atoms with E-state index in [1.807, 2.05) is 0 Å². The van der Waals surface area contributed by atoms with Crippen LogP contribution in [0.1, 0.15) is 28.4 Å². The quantitative estimate of drug-likeness (QED) is 0.0616. The largest absolute Gasteiger partial charge is 0.503 e. The van der Waals surface area contributed by atoms with Gasteiger partial charge >= 0.3 is 10.4 Å². The van der Waals surface area contributed by atoms with E-state index in [1.54, 1.807) is 12.1 Å². The summed E-state index contributed by atoms with van der Waals surface area (Å²) in [6.07, 6.45) is 1.05. The number of hydrogen-bond donors (Lipinski definition) is 7. The van der Waals surface area contributed by atoms with Crippen molar-refractivity contribution < 1.29 is 56.8 Å². The lowest BCUT2D eigenvalue weighted by molar-refractivity contribution is -0.115. The number of carbonyl (C=O) groups excluding carboxylic acids is 2. The fraction of sp³-hybridized carbons (Fsp3) is 0.118. The second-order valence-electron chi connectivity index (χ2n) is 11.3. The molecule has 0 saturated carbocycles. The first kappa shape index (κ1) is 41.6. The smallest absolute Gasteiger partial charge is 0.446 e. The van der Waals surface area contributed by atoms with Crippen molar-refractivity contribution in [2.24, 2.45) is 10.3 Å². The second kappa shape index (κ2) is 18.0. The minimum absolute atomic E-state index is 0.0479. The van der Waals surface area contributed by atoms with Crippen LogP contribution in [0.3, 0.4) is 0 Å². The number of aliphatic hydroxyl groups is 1. The minimum atomic E-state index is -4.95. The highest BCUT2D eigenvalue weighted by atomic mass is 79.9. The third-order valence-corrected chi connectivity index (χ3v) is 10.4. The third kappa shape index (κ3) is 10.6. The maximum Gasteiger partial charge on any atom is 0.446 e. The first-order valence-electron chi connectivity index (χ1n) is 15.4. The monoisotopic (exact) mass is 1030 g/mol. The first-order chi connectivity index (χ1) is 26.1. The van der Waals surface area contributed by atoms with Crippen LogP contribution in [-0.2, 0) is 32.8 Å². The van der Waals surface area contributed by atoms with E-state index in [-0.39, 0.29) is 78.6 Å². The average molecular weight is 1030 g/mol. The summed E-state index contributed by atoms with van der Waals surface area (Å²) in [6.45, 7) is -0.0479. The van der Waals surface area contributed by atoms with Crippen LogP contribution < -0.4 is 24.3 Å². The van der Waals surface area contributed by atoms with Crippen LogP contribution in [0.25, 0.3) is 6.08 Å². The molecule has 0 radical (unpaired) electrons. The Hall–Kier alpha value is -4.51. The van der Waals surface area contributed by atoms with Crippen molar-refractivity contribution in [2.75, 3.05) is 6.54 Å². The Kier molecular flexibility index (Phi) is 13.6. The number of amides is 2. The van der Waals surface area contributed by atoms with Crippen LogP contribution in [0.2, 0.25) is 0 Å². The number of oxime groups is 2. The number of aromatic hydroxyl groups is 1. The van der Waals surface area contributed by atoms with E-state index in [2.05, 4.69) is 84.7 Å². The van der Waals surface area contributed by atoms with E-state index in [4.69, 9.17) is 13.7 Å². The molecule has 0 fully saturated rings.